The molecular formula is C19H16ClNO4. The van der Waals surface area contributed by atoms with Gasteiger partial charge in [-0.1, -0.05) is 11.6 Å². The van der Waals surface area contributed by atoms with Gasteiger partial charge in [0.2, 0.25) is 0 Å². The molecule has 2 aromatic carbocycles. The monoisotopic (exact) mass is 357 g/mol. The lowest BCUT2D eigenvalue weighted by atomic mass is 10.2. The third-order valence-corrected chi connectivity index (χ3v) is 3.99. The lowest BCUT2D eigenvalue weighted by Gasteiger charge is -2.05. The van der Waals surface area contributed by atoms with Gasteiger partial charge in [-0.2, -0.15) is 0 Å². The molecule has 128 valence electrons. The third kappa shape index (κ3) is 3.95. The number of aromatic carboxylic acids is 1. The summed E-state index contributed by atoms with van der Waals surface area (Å²) in [6, 6.07) is 15.8. The van der Waals surface area contributed by atoms with Crippen LogP contribution >= 0.6 is 11.6 Å². The van der Waals surface area contributed by atoms with Crippen molar-refractivity contribution in [3.8, 4) is 17.1 Å². The number of ether oxygens (including phenoxy) is 1. The molecule has 0 unspecified atom stereocenters. The number of hydrogen-bond acceptors (Lipinski definition) is 4. The summed E-state index contributed by atoms with van der Waals surface area (Å²) in [6.07, 6.45) is 0. The number of furan rings is 1. The largest absolute Gasteiger partial charge is 0.495 e. The van der Waals surface area contributed by atoms with Crippen molar-refractivity contribution in [1.29, 1.82) is 0 Å². The van der Waals surface area contributed by atoms with Gasteiger partial charge in [0.15, 0.2) is 0 Å². The molecule has 5 nitrogen and oxygen atoms in total. The number of carboxylic acids is 1. The van der Waals surface area contributed by atoms with E-state index < -0.39 is 5.97 Å². The fraction of sp³-hybridized carbons (Fsp3) is 0.105. The van der Waals surface area contributed by atoms with Crippen LogP contribution in [0.3, 0.4) is 0 Å². The van der Waals surface area contributed by atoms with Gasteiger partial charge in [0, 0.05) is 11.3 Å². The molecule has 0 atom stereocenters. The molecule has 0 aliphatic carbocycles. The molecule has 6 heteroatoms. The van der Waals surface area contributed by atoms with Crippen molar-refractivity contribution in [2.45, 2.75) is 6.54 Å². The number of halogens is 1. The zero-order valence-electron chi connectivity index (χ0n) is 13.5. The molecule has 0 aliphatic heterocycles. The summed E-state index contributed by atoms with van der Waals surface area (Å²) in [5.74, 6) is 1.14. The van der Waals surface area contributed by atoms with Crippen LogP contribution < -0.4 is 10.1 Å². The molecular weight excluding hydrogens is 342 g/mol. The average Bonchev–Trinajstić information content (AvgIpc) is 3.09. The zero-order chi connectivity index (χ0) is 17.8. The summed E-state index contributed by atoms with van der Waals surface area (Å²) in [6.45, 7) is 0.482. The molecule has 25 heavy (non-hydrogen) atoms. The van der Waals surface area contributed by atoms with Crippen molar-refractivity contribution < 1.29 is 19.1 Å². The van der Waals surface area contributed by atoms with E-state index in [1.54, 1.807) is 43.5 Å². The van der Waals surface area contributed by atoms with Gasteiger partial charge in [-0.25, -0.2) is 4.79 Å². The molecule has 0 saturated carbocycles. The van der Waals surface area contributed by atoms with Gasteiger partial charge in [0.25, 0.3) is 0 Å². The molecule has 1 aromatic heterocycles. The maximum atomic E-state index is 10.8. The van der Waals surface area contributed by atoms with E-state index in [2.05, 4.69) is 5.32 Å². The van der Waals surface area contributed by atoms with Gasteiger partial charge in [0.05, 0.1) is 24.2 Å². The van der Waals surface area contributed by atoms with Crippen LogP contribution in [0.1, 0.15) is 16.1 Å². The summed E-state index contributed by atoms with van der Waals surface area (Å²) >= 11 is 6.14. The summed E-state index contributed by atoms with van der Waals surface area (Å²) in [5.41, 5.74) is 1.93. The number of carbonyl (C=O) groups is 1. The second-order valence-corrected chi connectivity index (χ2v) is 5.76. The summed E-state index contributed by atoms with van der Waals surface area (Å²) in [4.78, 5) is 10.8. The van der Waals surface area contributed by atoms with Crippen LogP contribution in [0.4, 0.5) is 5.69 Å². The highest BCUT2D eigenvalue weighted by molar-refractivity contribution is 6.32. The van der Waals surface area contributed by atoms with Gasteiger partial charge < -0.3 is 19.6 Å². The lowest BCUT2D eigenvalue weighted by Crippen LogP contribution is -2.00. The molecule has 0 spiro atoms. The van der Waals surface area contributed by atoms with Crippen LogP contribution in [0.2, 0.25) is 5.02 Å². The van der Waals surface area contributed by atoms with Crippen LogP contribution in [-0.4, -0.2) is 18.2 Å². The smallest absolute Gasteiger partial charge is 0.335 e. The Morgan fingerprint density at radius 1 is 1.16 bits per heavy atom. The molecule has 0 bridgehead atoms. The Kier molecular flexibility index (Phi) is 4.95. The number of rotatable bonds is 6. The highest BCUT2D eigenvalue weighted by atomic mass is 35.5. The SMILES string of the molecule is COc1ccc(-c2ccc(CNc3ccc(C(=O)O)cc3)o2)cc1Cl. The molecule has 0 fully saturated rings. The predicted octanol–water partition coefficient (Wildman–Crippen LogP) is 4.92. The summed E-state index contributed by atoms with van der Waals surface area (Å²) in [7, 11) is 1.57. The van der Waals surface area contributed by atoms with Gasteiger partial charge in [-0.05, 0) is 54.6 Å². The van der Waals surface area contributed by atoms with Crippen molar-refractivity contribution in [3.05, 3.63) is 70.9 Å². The molecule has 0 saturated heterocycles. The Bertz CT molecular complexity index is 887. The van der Waals surface area contributed by atoms with Crippen LogP contribution in [0.25, 0.3) is 11.3 Å². The van der Waals surface area contributed by atoms with Gasteiger partial charge in [-0.3, -0.25) is 0 Å². The van der Waals surface area contributed by atoms with Crippen LogP contribution in [0.5, 0.6) is 5.75 Å². The maximum absolute atomic E-state index is 10.8. The lowest BCUT2D eigenvalue weighted by molar-refractivity contribution is 0.0697. The van der Waals surface area contributed by atoms with E-state index in [1.165, 1.54) is 0 Å². The van der Waals surface area contributed by atoms with Crippen LogP contribution in [0.15, 0.2) is 59.0 Å². The number of methoxy groups -OCH3 is 1. The number of anilines is 1. The number of benzene rings is 2. The van der Waals surface area contributed by atoms with Crippen molar-refractivity contribution in [2.24, 2.45) is 0 Å². The zero-order valence-corrected chi connectivity index (χ0v) is 14.2. The predicted molar refractivity (Wildman–Crippen MR) is 96.4 cm³/mol. The fourth-order valence-electron chi connectivity index (χ4n) is 2.37. The third-order valence-electron chi connectivity index (χ3n) is 3.70. The summed E-state index contributed by atoms with van der Waals surface area (Å²) in [5, 5.41) is 12.6. The number of carboxylic acid groups (broad SMARTS) is 1. The first-order chi connectivity index (χ1) is 12.1. The minimum absolute atomic E-state index is 0.252. The van der Waals surface area contributed by atoms with E-state index in [4.69, 9.17) is 25.9 Å². The first kappa shape index (κ1) is 16.9. The Morgan fingerprint density at radius 2 is 1.92 bits per heavy atom. The normalized spacial score (nSPS) is 10.5. The van der Waals surface area contributed by atoms with E-state index in [9.17, 15) is 4.79 Å². The molecule has 3 aromatic rings. The highest BCUT2D eigenvalue weighted by Gasteiger charge is 2.08. The van der Waals surface area contributed by atoms with Gasteiger partial charge in [-0.15, -0.1) is 0 Å². The maximum Gasteiger partial charge on any atom is 0.335 e. The first-order valence-corrected chi connectivity index (χ1v) is 7.94. The Labute approximate surface area is 149 Å². The molecule has 2 N–H and O–H groups in total. The van der Waals surface area contributed by atoms with Gasteiger partial charge >= 0.3 is 5.97 Å². The second kappa shape index (κ2) is 7.32. The standard InChI is InChI=1S/C19H16ClNO4/c1-24-18-8-4-13(10-16(18)20)17-9-7-15(25-17)11-21-14-5-2-12(3-6-14)19(22)23/h2-10,21H,11H2,1H3,(H,22,23). The van der Waals surface area contributed by atoms with E-state index >= 15 is 0 Å². The molecule has 0 radical (unpaired) electrons. The molecule has 0 amide bonds. The average molecular weight is 358 g/mol. The molecule has 3 rings (SSSR count). The van der Waals surface area contributed by atoms with E-state index in [-0.39, 0.29) is 5.56 Å². The number of nitrogens with one attached hydrogen (secondary N) is 1. The van der Waals surface area contributed by atoms with Crippen molar-refractivity contribution in [3.63, 3.8) is 0 Å². The summed E-state index contributed by atoms with van der Waals surface area (Å²) < 4.78 is 11.0. The van der Waals surface area contributed by atoms with E-state index in [1.807, 2.05) is 18.2 Å². The number of hydrogen-bond donors (Lipinski definition) is 2. The molecule has 1 heterocycles. The quantitative estimate of drug-likeness (QED) is 0.655. The second-order valence-electron chi connectivity index (χ2n) is 5.35. The minimum Gasteiger partial charge on any atom is -0.495 e. The highest BCUT2D eigenvalue weighted by Crippen LogP contribution is 2.31. The van der Waals surface area contributed by atoms with Crippen LogP contribution in [0, 0.1) is 0 Å². The van der Waals surface area contributed by atoms with Crippen molar-refractivity contribution in [2.75, 3.05) is 12.4 Å². The minimum atomic E-state index is -0.944. The van der Waals surface area contributed by atoms with E-state index in [0.29, 0.717) is 23.1 Å². The Balaban J connectivity index is 1.67. The van der Waals surface area contributed by atoms with Crippen molar-refractivity contribution >= 4 is 23.3 Å². The van der Waals surface area contributed by atoms with E-state index in [0.717, 1.165) is 17.0 Å². The van der Waals surface area contributed by atoms with Crippen molar-refractivity contribution in [1.82, 2.24) is 0 Å². The Hall–Kier alpha value is -2.92. The topological polar surface area (TPSA) is 71.7 Å². The molecule has 0 aliphatic rings. The van der Waals surface area contributed by atoms with Crippen LogP contribution in [-0.2, 0) is 6.54 Å². The van der Waals surface area contributed by atoms with Gasteiger partial charge in [0.1, 0.15) is 17.3 Å². The Morgan fingerprint density at radius 3 is 2.56 bits per heavy atom. The fourth-order valence-corrected chi connectivity index (χ4v) is 2.63. The first-order valence-electron chi connectivity index (χ1n) is 7.56.